The third kappa shape index (κ3) is 5.36. The molecule has 2 nitrogen and oxygen atoms in total. The minimum atomic E-state index is -0.604. The van der Waals surface area contributed by atoms with E-state index in [-0.39, 0.29) is 5.82 Å². The molecule has 0 aliphatic carbocycles. The summed E-state index contributed by atoms with van der Waals surface area (Å²) in [5.74, 6) is 0.298. The van der Waals surface area contributed by atoms with Gasteiger partial charge in [-0.2, -0.15) is 0 Å². The summed E-state index contributed by atoms with van der Waals surface area (Å²) >= 11 is 2.23. The molecule has 0 bridgehead atoms. The summed E-state index contributed by atoms with van der Waals surface area (Å²) in [6.45, 7) is 7.87. The minimum absolute atomic E-state index is 0.218. The van der Waals surface area contributed by atoms with Gasteiger partial charge in [0, 0.05) is 16.6 Å². The Morgan fingerprint density at radius 3 is 2.53 bits per heavy atom. The van der Waals surface area contributed by atoms with Crippen molar-refractivity contribution in [3.8, 4) is 0 Å². The van der Waals surface area contributed by atoms with E-state index >= 15 is 0 Å². The Morgan fingerprint density at radius 1 is 1.26 bits per heavy atom. The molecule has 0 amide bonds. The average Bonchev–Trinajstić information content (AvgIpc) is 2.38. The summed E-state index contributed by atoms with van der Waals surface area (Å²) in [5, 5.41) is 0. The van der Waals surface area contributed by atoms with Gasteiger partial charge in [-0.1, -0.05) is 54.6 Å². The van der Waals surface area contributed by atoms with Crippen molar-refractivity contribution in [2.75, 3.05) is 24.2 Å². The largest absolute Gasteiger partial charge is 0.379 e. The van der Waals surface area contributed by atoms with Crippen molar-refractivity contribution >= 4 is 22.6 Å². The van der Waals surface area contributed by atoms with Crippen LogP contribution in [0.2, 0.25) is 0 Å². The van der Waals surface area contributed by atoms with Gasteiger partial charge in [-0.25, -0.2) is 4.39 Å². The van der Waals surface area contributed by atoms with E-state index in [1.54, 1.807) is 12.1 Å². The Balaban J connectivity index is 2.54. The highest BCUT2D eigenvalue weighted by Gasteiger charge is 2.29. The molecule has 0 aliphatic heterocycles. The van der Waals surface area contributed by atoms with Gasteiger partial charge >= 0.3 is 0 Å². The first-order valence-electron chi connectivity index (χ1n) is 6.52. The normalized spacial score (nSPS) is 14.6. The van der Waals surface area contributed by atoms with Gasteiger partial charge in [-0.15, -0.1) is 0 Å². The number of benzene rings is 1. The molecule has 1 rings (SSSR count). The van der Waals surface area contributed by atoms with Crippen LogP contribution in [0.15, 0.2) is 24.3 Å². The smallest absolute Gasteiger partial charge is 0.129 e. The molecule has 1 aromatic rings. The number of hydrogen-bond acceptors (Lipinski definition) is 2. The van der Waals surface area contributed by atoms with E-state index in [1.807, 2.05) is 13.0 Å². The van der Waals surface area contributed by atoms with Crippen molar-refractivity contribution in [3.05, 3.63) is 35.6 Å². The second-order valence-electron chi connectivity index (χ2n) is 5.16. The summed E-state index contributed by atoms with van der Waals surface area (Å²) in [6.07, 6.45) is 0. The number of ether oxygens (including phenoxy) is 2. The Bertz CT molecular complexity index is 384. The second-order valence-corrected chi connectivity index (χ2v) is 5.92. The van der Waals surface area contributed by atoms with Crippen LogP contribution in [0.25, 0.3) is 0 Å². The molecule has 108 valence electrons. The van der Waals surface area contributed by atoms with Crippen molar-refractivity contribution in [3.63, 3.8) is 0 Å². The number of alkyl halides is 1. The Hall–Kier alpha value is -0.200. The quantitative estimate of drug-likeness (QED) is 0.383. The molecule has 0 heterocycles. The van der Waals surface area contributed by atoms with Crippen molar-refractivity contribution in [2.45, 2.75) is 26.4 Å². The highest BCUT2D eigenvalue weighted by Crippen LogP contribution is 2.29. The first-order valence-corrected chi connectivity index (χ1v) is 8.05. The molecule has 0 saturated heterocycles. The fourth-order valence-electron chi connectivity index (χ4n) is 1.72. The highest BCUT2D eigenvalue weighted by molar-refractivity contribution is 14.1. The monoisotopic (exact) mass is 380 g/mol. The van der Waals surface area contributed by atoms with Crippen LogP contribution in [-0.2, 0) is 15.1 Å². The summed E-state index contributed by atoms with van der Waals surface area (Å²) in [7, 11) is 0. The minimum Gasteiger partial charge on any atom is -0.379 e. The fraction of sp³-hybridized carbons (Fsp3) is 0.600. The maximum atomic E-state index is 13.8. The van der Waals surface area contributed by atoms with Crippen LogP contribution in [0.5, 0.6) is 0 Å². The first kappa shape index (κ1) is 16.9. The lowest BCUT2D eigenvalue weighted by Crippen LogP contribution is -2.30. The lowest BCUT2D eigenvalue weighted by molar-refractivity contribution is -0.0492. The van der Waals surface area contributed by atoms with Gasteiger partial charge in [-0.05, 0) is 18.9 Å². The van der Waals surface area contributed by atoms with Gasteiger partial charge in [0.05, 0.1) is 13.2 Å². The molecule has 4 heteroatoms. The van der Waals surface area contributed by atoms with Gasteiger partial charge in [-0.3, -0.25) is 0 Å². The van der Waals surface area contributed by atoms with Gasteiger partial charge in [0.1, 0.15) is 11.4 Å². The zero-order chi connectivity index (χ0) is 14.3. The third-order valence-electron chi connectivity index (χ3n) is 2.80. The third-order valence-corrected chi connectivity index (χ3v) is 4.25. The number of halogens is 2. The van der Waals surface area contributed by atoms with E-state index in [0.717, 1.165) is 6.61 Å². The van der Waals surface area contributed by atoms with Gasteiger partial charge in [0.25, 0.3) is 0 Å². The zero-order valence-corrected chi connectivity index (χ0v) is 13.9. The Labute approximate surface area is 128 Å². The number of hydrogen-bond donors (Lipinski definition) is 0. The molecule has 0 aliphatic rings. The SMILES string of the molecule is CC(C)COCCOC(C)(CI)c1ccccc1F. The molecular weight excluding hydrogens is 358 g/mol. The van der Waals surface area contributed by atoms with Crippen LogP contribution in [0, 0.1) is 11.7 Å². The lowest BCUT2D eigenvalue weighted by atomic mass is 9.97. The van der Waals surface area contributed by atoms with E-state index in [2.05, 4.69) is 36.4 Å². The zero-order valence-electron chi connectivity index (χ0n) is 11.8. The van der Waals surface area contributed by atoms with Crippen molar-refractivity contribution in [1.29, 1.82) is 0 Å². The lowest BCUT2D eigenvalue weighted by Gasteiger charge is -2.29. The van der Waals surface area contributed by atoms with Crippen molar-refractivity contribution in [2.24, 2.45) is 5.92 Å². The molecule has 0 N–H and O–H groups in total. The second kappa shape index (κ2) is 8.17. The molecule has 0 spiro atoms. The standard InChI is InChI=1S/C15H22FIO2/c1-12(2)10-18-8-9-19-15(3,11-17)13-6-4-5-7-14(13)16/h4-7,12H,8-11H2,1-3H3. The predicted molar refractivity (Wildman–Crippen MR) is 84.2 cm³/mol. The topological polar surface area (TPSA) is 18.5 Å². The maximum Gasteiger partial charge on any atom is 0.129 e. The van der Waals surface area contributed by atoms with Crippen LogP contribution in [0.4, 0.5) is 4.39 Å². The van der Waals surface area contributed by atoms with E-state index in [1.165, 1.54) is 6.07 Å². The Kier molecular flexibility index (Phi) is 7.25. The van der Waals surface area contributed by atoms with E-state index in [0.29, 0.717) is 29.1 Å². The molecule has 0 radical (unpaired) electrons. The van der Waals surface area contributed by atoms with Gasteiger partial charge < -0.3 is 9.47 Å². The maximum absolute atomic E-state index is 13.8. The molecule has 1 aromatic carbocycles. The highest BCUT2D eigenvalue weighted by atomic mass is 127. The summed E-state index contributed by atoms with van der Waals surface area (Å²) in [6, 6.07) is 6.78. The molecule has 1 atom stereocenters. The van der Waals surface area contributed by atoms with E-state index < -0.39 is 5.60 Å². The average molecular weight is 380 g/mol. The fourth-order valence-corrected chi connectivity index (χ4v) is 2.35. The van der Waals surface area contributed by atoms with Crippen molar-refractivity contribution in [1.82, 2.24) is 0 Å². The molecular formula is C15H22FIO2. The molecule has 0 saturated carbocycles. The first-order chi connectivity index (χ1) is 8.99. The van der Waals surface area contributed by atoms with Gasteiger partial charge in [0.15, 0.2) is 0 Å². The number of rotatable bonds is 8. The summed E-state index contributed by atoms with van der Waals surface area (Å²) in [4.78, 5) is 0. The van der Waals surface area contributed by atoms with Crippen LogP contribution >= 0.6 is 22.6 Å². The Morgan fingerprint density at radius 2 is 1.95 bits per heavy atom. The van der Waals surface area contributed by atoms with E-state index in [4.69, 9.17) is 9.47 Å². The summed E-state index contributed by atoms with van der Waals surface area (Å²) < 4.78 is 25.9. The van der Waals surface area contributed by atoms with E-state index in [9.17, 15) is 4.39 Å². The molecule has 0 fully saturated rings. The van der Waals surface area contributed by atoms with Crippen LogP contribution < -0.4 is 0 Å². The summed E-state index contributed by atoms with van der Waals surface area (Å²) in [5.41, 5.74) is 0.000797. The molecule has 0 aromatic heterocycles. The van der Waals surface area contributed by atoms with Crippen molar-refractivity contribution < 1.29 is 13.9 Å². The van der Waals surface area contributed by atoms with Crippen LogP contribution in [-0.4, -0.2) is 24.2 Å². The predicted octanol–water partition coefficient (Wildman–Crippen LogP) is 4.17. The molecule has 1 unspecified atom stereocenters. The van der Waals surface area contributed by atoms with Crippen LogP contribution in [0.1, 0.15) is 26.3 Å². The van der Waals surface area contributed by atoms with Crippen LogP contribution in [0.3, 0.4) is 0 Å². The van der Waals surface area contributed by atoms with Gasteiger partial charge in [0.2, 0.25) is 0 Å². The molecule has 19 heavy (non-hydrogen) atoms.